The molecule has 2 atom stereocenters. The standard InChI is InChI=1S/C17H19N5O/c1-12-9-22(10-15(23-12)13-6-4-3-5-7-13)17-14-8-20-21(2)16(14)18-11-19-17/h3-8,11-12,15H,9-10H2,1-2H3/t12-,15-/m1/s1. The number of ether oxygens (including phenoxy) is 1. The lowest BCUT2D eigenvalue weighted by Crippen LogP contribution is -2.43. The molecule has 0 saturated carbocycles. The zero-order valence-corrected chi connectivity index (χ0v) is 13.3. The fourth-order valence-electron chi connectivity index (χ4n) is 3.18. The molecule has 0 unspecified atom stereocenters. The first-order valence-corrected chi connectivity index (χ1v) is 7.80. The van der Waals surface area contributed by atoms with Gasteiger partial charge in [0.25, 0.3) is 0 Å². The third-order valence-corrected chi connectivity index (χ3v) is 4.24. The number of aromatic nitrogens is 4. The molecule has 118 valence electrons. The van der Waals surface area contributed by atoms with E-state index < -0.39 is 0 Å². The second kappa shape index (κ2) is 5.62. The molecule has 1 aliphatic heterocycles. The highest BCUT2D eigenvalue weighted by molar-refractivity contribution is 5.86. The molecule has 1 fully saturated rings. The fraction of sp³-hybridized carbons (Fsp3) is 0.353. The van der Waals surface area contributed by atoms with Gasteiger partial charge >= 0.3 is 0 Å². The Balaban J connectivity index is 1.70. The molecule has 0 bridgehead atoms. The van der Waals surface area contributed by atoms with Crippen molar-refractivity contribution in [1.29, 1.82) is 0 Å². The molecule has 2 aromatic heterocycles. The van der Waals surface area contributed by atoms with E-state index in [9.17, 15) is 0 Å². The quantitative estimate of drug-likeness (QED) is 0.727. The highest BCUT2D eigenvalue weighted by atomic mass is 16.5. The lowest BCUT2D eigenvalue weighted by atomic mass is 10.1. The van der Waals surface area contributed by atoms with Gasteiger partial charge in [0.2, 0.25) is 0 Å². The summed E-state index contributed by atoms with van der Waals surface area (Å²) >= 11 is 0. The van der Waals surface area contributed by atoms with Crippen molar-refractivity contribution in [2.75, 3.05) is 18.0 Å². The maximum atomic E-state index is 6.14. The maximum Gasteiger partial charge on any atom is 0.163 e. The van der Waals surface area contributed by atoms with Gasteiger partial charge in [0.15, 0.2) is 5.65 Å². The lowest BCUT2D eigenvalue weighted by Gasteiger charge is -2.37. The van der Waals surface area contributed by atoms with Crippen LogP contribution in [0.5, 0.6) is 0 Å². The number of rotatable bonds is 2. The summed E-state index contributed by atoms with van der Waals surface area (Å²) in [5.41, 5.74) is 2.05. The Morgan fingerprint density at radius 1 is 1.13 bits per heavy atom. The summed E-state index contributed by atoms with van der Waals surface area (Å²) < 4.78 is 7.91. The molecule has 1 aromatic carbocycles. The Morgan fingerprint density at radius 3 is 2.78 bits per heavy atom. The van der Waals surface area contributed by atoms with Gasteiger partial charge in [-0.25, -0.2) is 9.97 Å². The van der Waals surface area contributed by atoms with Crippen molar-refractivity contribution in [3.8, 4) is 0 Å². The molecule has 1 saturated heterocycles. The van der Waals surface area contributed by atoms with E-state index in [0.29, 0.717) is 0 Å². The van der Waals surface area contributed by atoms with Gasteiger partial charge in [-0.05, 0) is 12.5 Å². The van der Waals surface area contributed by atoms with Gasteiger partial charge in [0.05, 0.1) is 17.7 Å². The first-order chi connectivity index (χ1) is 11.2. The number of fused-ring (bicyclic) bond motifs is 1. The van der Waals surface area contributed by atoms with Crippen molar-refractivity contribution in [2.45, 2.75) is 19.1 Å². The van der Waals surface area contributed by atoms with Crippen LogP contribution in [0, 0.1) is 0 Å². The minimum atomic E-state index is 0.0432. The van der Waals surface area contributed by atoms with Gasteiger partial charge < -0.3 is 9.64 Å². The van der Waals surface area contributed by atoms with Crippen molar-refractivity contribution in [2.24, 2.45) is 7.05 Å². The van der Waals surface area contributed by atoms with Crippen LogP contribution in [0.4, 0.5) is 5.82 Å². The van der Waals surface area contributed by atoms with Gasteiger partial charge in [0.1, 0.15) is 18.2 Å². The monoisotopic (exact) mass is 309 g/mol. The van der Waals surface area contributed by atoms with Crippen LogP contribution in [0.15, 0.2) is 42.9 Å². The average molecular weight is 309 g/mol. The van der Waals surface area contributed by atoms with E-state index >= 15 is 0 Å². The Kier molecular flexibility index (Phi) is 3.46. The van der Waals surface area contributed by atoms with Crippen LogP contribution in [0.2, 0.25) is 0 Å². The van der Waals surface area contributed by atoms with Crippen LogP contribution in [0.1, 0.15) is 18.6 Å². The summed E-state index contributed by atoms with van der Waals surface area (Å²) in [6.07, 6.45) is 3.62. The first-order valence-electron chi connectivity index (χ1n) is 7.80. The lowest BCUT2D eigenvalue weighted by molar-refractivity contribution is -0.0175. The predicted octanol–water partition coefficient (Wildman–Crippen LogP) is 2.33. The van der Waals surface area contributed by atoms with Crippen molar-refractivity contribution < 1.29 is 4.74 Å². The second-order valence-corrected chi connectivity index (χ2v) is 5.95. The minimum Gasteiger partial charge on any atom is -0.367 e. The van der Waals surface area contributed by atoms with Crippen LogP contribution in [0.3, 0.4) is 0 Å². The van der Waals surface area contributed by atoms with E-state index in [2.05, 4.69) is 39.0 Å². The van der Waals surface area contributed by atoms with Crippen LogP contribution in [-0.2, 0) is 11.8 Å². The van der Waals surface area contributed by atoms with E-state index in [4.69, 9.17) is 4.74 Å². The minimum absolute atomic E-state index is 0.0432. The van der Waals surface area contributed by atoms with E-state index in [1.807, 2.05) is 31.4 Å². The molecule has 3 heterocycles. The molecule has 6 nitrogen and oxygen atoms in total. The van der Waals surface area contributed by atoms with E-state index in [-0.39, 0.29) is 12.2 Å². The molecule has 23 heavy (non-hydrogen) atoms. The van der Waals surface area contributed by atoms with Gasteiger partial charge in [-0.1, -0.05) is 30.3 Å². The molecule has 3 aromatic rings. The Labute approximate surface area is 134 Å². The molecule has 6 heteroatoms. The Hall–Kier alpha value is -2.47. The number of hydrogen-bond donors (Lipinski definition) is 0. The van der Waals surface area contributed by atoms with Crippen molar-refractivity contribution in [1.82, 2.24) is 19.7 Å². The third-order valence-electron chi connectivity index (χ3n) is 4.24. The molecule has 0 N–H and O–H groups in total. The van der Waals surface area contributed by atoms with E-state index in [1.165, 1.54) is 5.56 Å². The largest absolute Gasteiger partial charge is 0.367 e. The molecular weight excluding hydrogens is 290 g/mol. The smallest absolute Gasteiger partial charge is 0.163 e. The molecule has 4 rings (SSSR count). The molecule has 0 radical (unpaired) electrons. The highest BCUT2D eigenvalue weighted by Crippen LogP contribution is 2.30. The van der Waals surface area contributed by atoms with Crippen LogP contribution >= 0.6 is 0 Å². The molecule has 0 spiro atoms. The summed E-state index contributed by atoms with van der Waals surface area (Å²) in [4.78, 5) is 11.1. The number of aryl methyl sites for hydroxylation is 1. The number of morpholine rings is 1. The molecule has 1 aliphatic rings. The summed E-state index contributed by atoms with van der Waals surface area (Å²) in [5, 5.41) is 5.29. The number of hydrogen-bond acceptors (Lipinski definition) is 5. The maximum absolute atomic E-state index is 6.14. The predicted molar refractivity (Wildman–Crippen MR) is 88.2 cm³/mol. The van der Waals surface area contributed by atoms with Gasteiger partial charge in [-0.2, -0.15) is 5.10 Å². The van der Waals surface area contributed by atoms with Crippen LogP contribution in [-0.4, -0.2) is 38.9 Å². The number of benzene rings is 1. The van der Waals surface area contributed by atoms with E-state index in [1.54, 1.807) is 11.0 Å². The summed E-state index contributed by atoms with van der Waals surface area (Å²) in [5.74, 6) is 0.930. The fourth-order valence-corrected chi connectivity index (χ4v) is 3.18. The Bertz CT molecular complexity index is 816. The highest BCUT2D eigenvalue weighted by Gasteiger charge is 2.28. The Morgan fingerprint density at radius 2 is 1.96 bits per heavy atom. The normalized spacial score (nSPS) is 21.7. The zero-order chi connectivity index (χ0) is 15.8. The molecular formula is C17H19N5O. The number of nitrogens with zero attached hydrogens (tertiary/aromatic N) is 5. The third kappa shape index (κ3) is 2.55. The molecule has 0 aliphatic carbocycles. The van der Waals surface area contributed by atoms with Crippen molar-refractivity contribution in [3.05, 3.63) is 48.4 Å². The van der Waals surface area contributed by atoms with E-state index in [0.717, 1.165) is 29.9 Å². The SMILES string of the molecule is C[C@@H]1CN(c2ncnc3c2cnn3C)C[C@H](c2ccccc2)O1. The van der Waals surface area contributed by atoms with Gasteiger partial charge in [-0.15, -0.1) is 0 Å². The van der Waals surface area contributed by atoms with Crippen molar-refractivity contribution in [3.63, 3.8) is 0 Å². The van der Waals surface area contributed by atoms with Crippen LogP contribution < -0.4 is 4.90 Å². The zero-order valence-electron chi connectivity index (χ0n) is 13.3. The summed E-state index contributed by atoms with van der Waals surface area (Å²) in [6.45, 7) is 3.68. The van der Waals surface area contributed by atoms with Crippen LogP contribution in [0.25, 0.3) is 11.0 Å². The first kappa shape index (κ1) is 14.1. The summed E-state index contributed by atoms with van der Waals surface area (Å²) in [6, 6.07) is 10.3. The van der Waals surface area contributed by atoms with Gasteiger partial charge in [-0.3, -0.25) is 4.68 Å². The van der Waals surface area contributed by atoms with Crippen molar-refractivity contribution >= 4 is 16.9 Å². The average Bonchev–Trinajstić information content (AvgIpc) is 2.96. The van der Waals surface area contributed by atoms with Gasteiger partial charge in [0, 0.05) is 20.1 Å². The topological polar surface area (TPSA) is 56.1 Å². The number of anilines is 1. The second-order valence-electron chi connectivity index (χ2n) is 5.95. The summed E-state index contributed by atoms with van der Waals surface area (Å²) in [7, 11) is 1.90. The molecule has 0 amide bonds.